The summed E-state index contributed by atoms with van der Waals surface area (Å²) >= 11 is 0. The Morgan fingerprint density at radius 2 is 1.07 bits per heavy atom. The summed E-state index contributed by atoms with van der Waals surface area (Å²) in [5.74, 6) is 0.944. The van der Waals surface area contributed by atoms with Crippen LogP contribution in [0.5, 0.6) is 5.75 Å². The van der Waals surface area contributed by atoms with Crippen LogP contribution in [-0.4, -0.2) is 6.61 Å². The third-order valence-electron chi connectivity index (χ3n) is 5.70. The fourth-order valence-electron chi connectivity index (χ4n) is 4.17. The molecule has 29 heavy (non-hydrogen) atoms. The molecule has 142 valence electrons. The summed E-state index contributed by atoms with van der Waals surface area (Å²) in [5.41, 5.74) is 2.45. The van der Waals surface area contributed by atoms with E-state index in [4.69, 9.17) is 4.74 Å². The molecule has 0 aliphatic heterocycles. The Labute approximate surface area is 171 Å². The molecule has 5 rings (SSSR count). The lowest BCUT2D eigenvalue weighted by Gasteiger charge is -2.12. The topological polar surface area (TPSA) is 9.23 Å². The summed E-state index contributed by atoms with van der Waals surface area (Å²) in [4.78, 5) is 0. The van der Waals surface area contributed by atoms with Gasteiger partial charge >= 0.3 is 0 Å². The van der Waals surface area contributed by atoms with Crippen molar-refractivity contribution in [3.05, 3.63) is 91.0 Å². The van der Waals surface area contributed by atoms with Crippen molar-refractivity contribution in [3.8, 4) is 16.9 Å². The first-order chi connectivity index (χ1) is 14.3. The lowest BCUT2D eigenvalue weighted by Crippen LogP contribution is -1.95. The maximum atomic E-state index is 5.81. The Hall–Kier alpha value is -3.32. The molecule has 0 saturated carbocycles. The number of hydrogen-bond donors (Lipinski definition) is 0. The predicted octanol–water partition coefficient (Wildman–Crippen LogP) is 7.99. The number of benzene rings is 5. The highest BCUT2D eigenvalue weighted by molar-refractivity contribution is 6.25. The zero-order valence-corrected chi connectivity index (χ0v) is 16.7. The highest BCUT2D eigenvalue weighted by Crippen LogP contribution is 2.37. The monoisotopic (exact) mass is 376 g/mol. The van der Waals surface area contributed by atoms with Gasteiger partial charge in [-0.25, -0.2) is 0 Å². The number of ether oxygens (including phenoxy) is 1. The van der Waals surface area contributed by atoms with Crippen molar-refractivity contribution in [1.29, 1.82) is 0 Å². The van der Waals surface area contributed by atoms with Gasteiger partial charge in [0.1, 0.15) is 5.75 Å². The fraction of sp³-hybridized carbons (Fsp3) is 0.143. The van der Waals surface area contributed by atoms with Crippen LogP contribution in [0.1, 0.15) is 19.8 Å². The average molecular weight is 376 g/mol. The molecule has 5 aromatic rings. The second-order valence-corrected chi connectivity index (χ2v) is 7.58. The normalized spacial score (nSPS) is 11.3. The van der Waals surface area contributed by atoms with E-state index in [1.807, 2.05) is 0 Å². The summed E-state index contributed by atoms with van der Waals surface area (Å²) in [7, 11) is 0. The van der Waals surface area contributed by atoms with E-state index in [2.05, 4.69) is 97.9 Å². The predicted molar refractivity (Wildman–Crippen MR) is 125 cm³/mol. The van der Waals surface area contributed by atoms with Gasteiger partial charge in [0, 0.05) is 0 Å². The SMILES string of the molecule is CCCCOc1ccc(-c2ccc3c4ccccc4c4ccccc4c3c2)cc1. The van der Waals surface area contributed by atoms with Crippen molar-refractivity contribution in [2.45, 2.75) is 19.8 Å². The number of fused-ring (bicyclic) bond motifs is 6. The quantitative estimate of drug-likeness (QED) is 0.223. The summed E-state index contributed by atoms with van der Waals surface area (Å²) in [6, 6.07) is 32.7. The van der Waals surface area contributed by atoms with Crippen LogP contribution in [0.2, 0.25) is 0 Å². The van der Waals surface area contributed by atoms with E-state index < -0.39 is 0 Å². The van der Waals surface area contributed by atoms with E-state index in [9.17, 15) is 0 Å². The van der Waals surface area contributed by atoms with Gasteiger partial charge in [0.05, 0.1) is 6.61 Å². The molecule has 0 radical (unpaired) electrons. The fourth-order valence-corrected chi connectivity index (χ4v) is 4.17. The Balaban J connectivity index is 1.64. The van der Waals surface area contributed by atoms with Crippen LogP contribution in [0.15, 0.2) is 91.0 Å². The zero-order chi connectivity index (χ0) is 19.6. The minimum absolute atomic E-state index is 0.783. The molecule has 0 aliphatic rings. The molecule has 0 aromatic heterocycles. The maximum absolute atomic E-state index is 5.81. The van der Waals surface area contributed by atoms with Crippen LogP contribution in [0.3, 0.4) is 0 Å². The molecule has 0 N–H and O–H groups in total. The third kappa shape index (κ3) is 3.23. The Morgan fingerprint density at radius 3 is 1.66 bits per heavy atom. The average Bonchev–Trinajstić information content (AvgIpc) is 2.80. The summed E-state index contributed by atoms with van der Waals surface area (Å²) in [6.07, 6.45) is 2.24. The minimum Gasteiger partial charge on any atom is -0.494 e. The lowest BCUT2D eigenvalue weighted by molar-refractivity contribution is 0.309. The Morgan fingerprint density at radius 1 is 0.552 bits per heavy atom. The Bertz CT molecular complexity index is 1260. The van der Waals surface area contributed by atoms with Gasteiger partial charge in [0.2, 0.25) is 0 Å². The van der Waals surface area contributed by atoms with Gasteiger partial charge < -0.3 is 4.74 Å². The van der Waals surface area contributed by atoms with Gasteiger partial charge in [-0.2, -0.15) is 0 Å². The lowest BCUT2D eigenvalue weighted by atomic mass is 9.92. The number of unbranched alkanes of at least 4 members (excludes halogenated alkanes) is 1. The van der Waals surface area contributed by atoms with Crippen molar-refractivity contribution in [2.24, 2.45) is 0 Å². The van der Waals surface area contributed by atoms with Crippen molar-refractivity contribution in [1.82, 2.24) is 0 Å². The molecule has 0 amide bonds. The van der Waals surface area contributed by atoms with E-state index in [0.29, 0.717) is 0 Å². The Kier molecular flexibility index (Phi) is 4.65. The molecule has 0 bridgehead atoms. The van der Waals surface area contributed by atoms with E-state index >= 15 is 0 Å². The van der Waals surface area contributed by atoms with Gasteiger partial charge in [0.15, 0.2) is 0 Å². The number of rotatable bonds is 5. The van der Waals surface area contributed by atoms with Gasteiger partial charge in [-0.15, -0.1) is 0 Å². The van der Waals surface area contributed by atoms with Gasteiger partial charge in [-0.3, -0.25) is 0 Å². The second-order valence-electron chi connectivity index (χ2n) is 7.58. The highest BCUT2D eigenvalue weighted by Gasteiger charge is 2.09. The smallest absolute Gasteiger partial charge is 0.119 e. The minimum atomic E-state index is 0.783. The molecular weight excluding hydrogens is 352 g/mol. The van der Waals surface area contributed by atoms with Gasteiger partial charge in [0.25, 0.3) is 0 Å². The highest BCUT2D eigenvalue weighted by atomic mass is 16.5. The van der Waals surface area contributed by atoms with Crippen LogP contribution >= 0.6 is 0 Å². The van der Waals surface area contributed by atoms with Crippen LogP contribution in [0.4, 0.5) is 0 Å². The van der Waals surface area contributed by atoms with E-state index in [1.165, 1.54) is 43.4 Å². The molecule has 0 aliphatic carbocycles. The van der Waals surface area contributed by atoms with Crippen molar-refractivity contribution < 1.29 is 4.74 Å². The zero-order valence-electron chi connectivity index (χ0n) is 16.7. The summed E-state index contributed by atoms with van der Waals surface area (Å²) in [6.45, 7) is 2.96. The first kappa shape index (κ1) is 17.8. The largest absolute Gasteiger partial charge is 0.494 e. The van der Waals surface area contributed by atoms with Crippen LogP contribution in [-0.2, 0) is 0 Å². The van der Waals surface area contributed by atoms with E-state index in [-0.39, 0.29) is 0 Å². The van der Waals surface area contributed by atoms with Gasteiger partial charge in [-0.05, 0) is 68.1 Å². The molecule has 0 spiro atoms. The first-order valence-corrected chi connectivity index (χ1v) is 10.4. The molecule has 0 unspecified atom stereocenters. The first-order valence-electron chi connectivity index (χ1n) is 10.4. The summed E-state index contributed by atoms with van der Waals surface area (Å²) in [5, 5.41) is 7.86. The molecule has 0 atom stereocenters. The van der Waals surface area contributed by atoms with Crippen LogP contribution in [0, 0.1) is 0 Å². The molecule has 0 heterocycles. The molecule has 0 saturated heterocycles. The molecule has 0 fully saturated rings. The summed E-state index contributed by atoms with van der Waals surface area (Å²) < 4.78 is 5.81. The second kappa shape index (κ2) is 7.60. The maximum Gasteiger partial charge on any atom is 0.119 e. The van der Waals surface area contributed by atoms with Crippen molar-refractivity contribution in [3.63, 3.8) is 0 Å². The third-order valence-corrected chi connectivity index (χ3v) is 5.70. The molecular formula is C28H24O. The van der Waals surface area contributed by atoms with Crippen LogP contribution in [0.25, 0.3) is 43.4 Å². The number of hydrogen-bond acceptors (Lipinski definition) is 1. The molecule has 1 nitrogen and oxygen atoms in total. The van der Waals surface area contributed by atoms with Gasteiger partial charge in [-0.1, -0.05) is 86.1 Å². The van der Waals surface area contributed by atoms with Crippen molar-refractivity contribution >= 4 is 32.3 Å². The standard InChI is InChI=1S/C28H24O/c1-2-3-18-29-22-15-12-20(13-16-22)21-14-17-27-25-10-5-4-8-23(25)24-9-6-7-11-26(24)28(27)19-21/h4-17,19H,2-3,18H2,1H3. The van der Waals surface area contributed by atoms with Crippen LogP contribution < -0.4 is 4.74 Å². The molecule has 1 heteroatoms. The molecule has 5 aromatic carbocycles. The van der Waals surface area contributed by atoms with E-state index in [0.717, 1.165) is 25.2 Å². The van der Waals surface area contributed by atoms with Crippen molar-refractivity contribution in [2.75, 3.05) is 6.61 Å². The van der Waals surface area contributed by atoms with E-state index in [1.54, 1.807) is 0 Å².